The summed E-state index contributed by atoms with van der Waals surface area (Å²) in [6.07, 6.45) is -3.68. The van der Waals surface area contributed by atoms with Crippen LogP contribution in [0.4, 0.5) is 24.5 Å². The molecule has 0 fully saturated rings. The molecule has 3 aromatic carbocycles. The van der Waals surface area contributed by atoms with Gasteiger partial charge >= 0.3 is 6.18 Å². The monoisotopic (exact) mass is 493 g/mol. The fourth-order valence-electron chi connectivity index (χ4n) is 3.34. The van der Waals surface area contributed by atoms with Crippen molar-refractivity contribution in [1.29, 1.82) is 0 Å². The molecule has 4 rings (SSSR count). The molecule has 0 aliphatic carbocycles. The maximum atomic E-state index is 13.1. The van der Waals surface area contributed by atoms with Crippen molar-refractivity contribution >= 4 is 39.1 Å². The van der Waals surface area contributed by atoms with Crippen LogP contribution in [-0.4, -0.2) is 20.6 Å². The van der Waals surface area contributed by atoms with Crippen molar-refractivity contribution < 1.29 is 26.4 Å². The molecule has 1 heterocycles. The number of benzene rings is 3. The lowest BCUT2D eigenvalue weighted by molar-refractivity contribution is -0.137. The molecule has 0 unspecified atom stereocenters. The highest BCUT2D eigenvalue weighted by atomic mass is 32.2. The zero-order chi connectivity index (χ0) is 23.8. The molecular formula is C22H18F3N3O3S2. The predicted molar refractivity (Wildman–Crippen MR) is 121 cm³/mol. The number of halogens is 3. The van der Waals surface area contributed by atoms with E-state index in [1.807, 2.05) is 24.5 Å². The van der Waals surface area contributed by atoms with E-state index in [-0.39, 0.29) is 16.5 Å². The van der Waals surface area contributed by atoms with E-state index in [4.69, 9.17) is 0 Å². The van der Waals surface area contributed by atoms with Crippen molar-refractivity contribution in [2.24, 2.45) is 0 Å². The van der Waals surface area contributed by atoms with Crippen molar-refractivity contribution in [2.45, 2.75) is 22.1 Å². The number of alkyl halides is 3. The Hall–Kier alpha value is -3.02. The number of anilines is 2. The molecular weight excluding hydrogens is 475 g/mol. The summed E-state index contributed by atoms with van der Waals surface area (Å²) in [6.45, 7) is 0. The zero-order valence-corrected chi connectivity index (χ0v) is 18.7. The van der Waals surface area contributed by atoms with Gasteiger partial charge in [0.25, 0.3) is 5.91 Å². The van der Waals surface area contributed by atoms with Gasteiger partial charge in [0.1, 0.15) is 11.1 Å². The van der Waals surface area contributed by atoms with Crippen LogP contribution in [0.3, 0.4) is 0 Å². The van der Waals surface area contributed by atoms with E-state index in [0.717, 1.165) is 23.1 Å². The number of fused-ring (bicyclic) bond motifs is 1. The van der Waals surface area contributed by atoms with E-state index < -0.39 is 27.9 Å². The third-order valence-corrected chi connectivity index (χ3v) is 7.21. The van der Waals surface area contributed by atoms with Gasteiger partial charge in [-0.2, -0.15) is 17.9 Å². The molecule has 0 saturated heterocycles. The Morgan fingerprint density at radius 2 is 1.76 bits per heavy atom. The van der Waals surface area contributed by atoms with Crippen LogP contribution in [0.5, 0.6) is 0 Å². The second-order valence-corrected chi connectivity index (χ2v) is 9.78. The first kappa shape index (κ1) is 23.1. The lowest BCUT2D eigenvalue weighted by atomic mass is 10.1. The van der Waals surface area contributed by atoms with Gasteiger partial charge in [-0.05, 0) is 60.4 Å². The topological polar surface area (TPSA) is 87.3 Å². The van der Waals surface area contributed by atoms with Crippen molar-refractivity contribution in [3.63, 3.8) is 0 Å². The fraction of sp³-hybridized carbons (Fsp3) is 0.136. The molecule has 0 aromatic heterocycles. The van der Waals surface area contributed by atoms with Crippen LogP contribution >= 0.6 is 11.8 Å². The van der Waals surface area contributed by atoms with E-state index >= 15 is 0 Å². The highest BCUT2D eigenvalue weighted by Crippen LogP contribution is 2.37. The van der Waals surface area contributed by atoms with Crippen molar-refractivity contribution in [1.82, 2.24) is 4.72 Å². The third kappa shape index (κ3) is 5.00. The number of nitrogens with one attached hydrogen (secondary N) is 3. The number of amides is 1. The van der Waals surface area contributed by atoms with Crippen LogP contribution in [0.1, 0.15) is 27.7 Å². The Kier molecular flexibility index (Phi) is 6.12. The molecule has 1 atom stereocenters. The van der Waals surface area contributed by atoms with Gasteiger partial charge < -0.3 is 10.6 Å². The number of carbonyl (C=O) groups excluding carboxylic acids is 1. The molecule has 1 aliphatic rings. The molecule has 1 amide bonds. The van der Waals surface area contributed by atoms with E-state index in [2.05, 4.69) is 15.4 Å². The number of carbonyl (C=O) groups is 1. The van der Waals surface area contributed by atoms with Crippen molar-refractivity contribution in [2.75, 3.05) is 16.9 Å². The average molecular weight is 494 g/mol. The summed E-state index contributed by atoms with van der Waals surface area (Å²) < 4.78 is 66.7. The molecule has 0 saturated carbocycles. The Morgan fingerprint density at radius 1 is 1.03 bits per heavy atom. The number of hydrogen-bond acceptors (Lipinski definition) is 5. The van der Waals surface area contributed by atoms with Crippen LogP contribution in [0, 0.1) is 0 Å². The Bertz CT molecular complexity index is 1310. The quantitative estimate of drug-likeness (QED) is 0.441. The normalized spacial score (nSPS) is 17.0. The molecule has 3 aromatic rings. The lowest BCUT2D eigenvalue weighted by Crippen LogP contribution is -2.38. The summed E-state index contributed by atoms with van der Waals surface area (Å²) in [6, 6.07) is 15.9. The lowest BCUT2D eigenvalue weighted by Gasteiger charge is -2.29. The number of hydrogen-bond donors (Lipinski definition) is 3. The van der Waals surface area contributed by atoms with E-state index in [9.17, 15) is 26.4 Å². The van der Waals surface area contributed by atoms with Gasteiger partial charge in [-0.3, -0.25) is 4.79 Å². The van der Waals surface area contributed by atoms with Crippen LogP contribution in [0.2, 0.25) is 0 Å². The summed E-state index contributed by atoms with van der Waals surface area (Å²) >= 11 is 1.54. The van der Waals surface area contributed by atoms with Gasteiger partial charge in [-0.15, -0.1) is 11.8 Å². The second kappa shape index (κ2) is 8.73. The van der Waals surface area contributed by atoms with Gasteiger partial charge in [0, 0.05) is 16.1 Å². The molecule has 0 radical (unpaired) electrons. The molecule has 33 heavy (non-hydrogen) atoms. The van der Waals surface area contributed by atoms with Crippen LogP contribution in [0.15, 0.2) is 76.5 Å². The second-order valence-electron chi connectivity index (χ2n) is 7.22. The molecule has 11 heteroatoms. The molecule has 6 nitrogen and oxygen atoms in total. The number of thioether (sulfide) groups is 1. The van der Waals surface area contributed by atoms with Gasteiger partial charge in [0.15, 0.2) is 0 Å². The standard InChI is InChI=1S/C22H18F3N3O3S2/c1-32-17-4-2-3-16(12-17)26-21(29)14-7-5-13(6-8-14)20-27-18-11-15(22(23,24)25)9-10-19(18)33(30,31)28-20/h2-12,20,27-28H,1H3,(H,26,29)/t20-/m0/s1. The first-order chi connectivity index (χ1) is 15.6. The van der Waals surface area contributed by atoms with Crippen LogP contribution in [-0.2, 0) is 16.2 Å². The highest BCUT2D eigenvalue weighted by molar-refractivity contribution is 7.98. The molecule has 0 bridgehead atoms. The van der Waals surface area contributed by atoms with E-state index in [1.165, 1.54) is 24.3 Å². The zero-order valence-electron chi connectivity index (χ0n) is 17.1. The minimum Gasteiger partial charge on any atom is -0.364 e. The average Bonchev–Trinajstić information content (AvgIpc) is 2.78. The molecule has 1 aliphatic heterocycles. The van der Waals surface area contributed by atoms with Crippen molar-refractivity contribution in [3.05, 3.63) is 83.4 Å². The Balaban J connectivity index is 1.55. The largest absolute Gasteiger partial charge is 0.416 e. The smallest absolute Gasteiger partial charge is 0.364 e. The fourth-order valence-corrected chi connectivity index (χ4v) is 5.09. The molecule has 0 spiro atoms. The Labute approximate surface area is 192 Å². The summed E-state index contributed by atoms with van der Waals surface area (Å²) in [4.78, 5) is 13.3. The summed E-state index contributed by atoms with van der Waals surface area (Å²) in [5, 5.41) is 5.58. The maximum Gasteiger partial charge on any atom is 0.416 e. The highest BCUT2D eigenvalue weighted by Gasteiger charge is 2.35. The van der Waals surface area contributed by atoms with Gasteiger partial charge in [-0.25, -0.2) is 8.42 Å². The minimum atomic E-state index is -4.61. The van der Waals surface area contributed by atoms with Gasteiger partial charge in [0.05, 0.1) is 11.3 Å². The summed E-state index contributed by atoms with van der Waals surface area (Å²) in [7, 11) is -4.04. The predicted octanol–water partition coefficient (Wildman–Crippen LogP) is 5.08. The van der Waals surface area contributed by atoms with Crippen LogP contribution < -0.4 is 15.4 Å². The first-order valence-electron chi connectivity index (χ1n) is 9.62. The third-order valence-electron chi connectivity index (χ3n) is 5.00. The summed E-state index contributed by atoms with van der Waals surface area (Å²) in [5.41, 5.74) is 0.301. The van der Waals surface area contributed by atoms with Gasteiger partial charge in [0.2, 0.25) is 10.0 Å². The van der Waals surface area contributed by atoms with Gasteiger partial charge in [-0.1, -0.05) is 18.2 Å². The molecule has 3 N–H and O–H groups in total. The maximum absolute atomic E-state index is 13.1. The number of sulfonamides is 1. The Morgan fingerprint density at radius 3 is 2.42 bits per heavy atom. The van der Waals surface area contributed by atoms with E-state index in [1.54, 1.807) is 17.8 Å². The SMILES string of the molecule is CSc1cccc(NC(=O)c2ccc([C@H]3Nc4cc(C(F)(F)F)ccc4S(=O)(=O)N3)cc2)c1. The van der Waals surface area contributed by atoms with E-state index in [0.29, 0.717) is 16.8 Å². The van der Waals surface area contributed by atoms with Crippen molar-refractivity contribution in [3.8, 4) is 0 Å². The molecule has 172 valence electrons. The first-order valence-corrected chi connectivity index (χ1v) is 12.3. The number of rotatable bonds is 4. The minimum absolute atomic E-state index is 0.149. The van der Waals surface area contributed by atoms with Crippen LogP contribution in [0.25, 0.3) is 0 Å². The summed E-state index contributed by atoms with van der Waals surface area (Å²) in [5.74, 6) is -0.350.